The lowest BCUT2D eigenvalue weighted by Crippen LogP contribution is -2.07. The van der Waals surface area contributed by atoms with E-state index in [9.17, 15) is 9.18 Å². The molecule has 0 aliphatic rings. The van der Waals surface area contributed by atoms with Gasteiger partial charge < -0.3 is 9.84 Å². The Morgan fingerprint density at radius 2 is 2.19 bits per heavy atom. The lowest BCUT2D eigenvalue weighted by Gasteiger charge is -2.15. The Bertz CT molecular complexity index is 401. The van der Waals surface area contributed by atoms with Gasteiger partial charge in [0.25, 0.3) is 0 Å². The standard InChI is InChI=1S/C12H15FO3/c1-7-4-9(13)12(10(5-7)16-3)8(2)6-11(14)15/h4-5,8H,6H2,1-3H3,(H,14,15). The Balaban J connectivity index is 3.15. The van der Waals surface area contributed by atoms with Gasteiger partial charge in [0.1, 0.15) is 11.6 Å². The molecule has 0 saturated heterocycles. The highest BCUT2D eigenvalue weighted by molar-refractivity contribution is 5.68. The number of carboxylic acid groups (broad SMARTS) is 1. The molecule has 1 aromatic carbocycles. The van der Waals surface area contributed by atoms with Crippen LogP contribution in [0.5, 0.6) is 5.75 Å². The molecule has 1 aromatic rings. The molecule has 0 aromatic heterocycles. The fraction of sp³-hybridized carbons (Fsp3) is 0.417. The second kappa shape index (κ2) is 4.96. The van der Waals surface area contributed by atoms with Gasteiger partial charge in [-0.1, -0.05) is 6.92 Å². The van der Waals surface area contributed by atoms with Gasteiger partial charge in [-0.3, -0.25) is 4.79 Å². The molecule has 1 N–H and O–H groups in total. The van der Waals surface area contributed by atoms with Gasteiger partial charge >= 0.3 is 5.97 Å². The maximum Gasteiger partial charge on any atom is 0.303 e. The molecule has 88 valence electrons. The van der Waals surface area contributed by atoms with Crippen LogP contribution in [-0.2, 0) is 4.79 Å². The van der Waals surface area contributed by atoms with Crippen molar-refractivity contribution in [1.82, 2.24) is 0 Å². The summed E-state index contributed by atoms with van der Waals surface area (Å²) < 4.78 is 18.8. The first-order valence-corrected chi connectivity index (χ1v) is 5.01. The van der Waals surface area contributed by atoms with E-state index in [1.54, 1.807) is 19.9 Å². The Morgan fingerprint density at radius 1 is 1.56 bits per heavy atom. The SMILES string of the molecule is COc1cc(C)cc(F)c1C(C)CC(=O)O. The molecule has 0 radical (unpaired) electrons. The zero-order valence-electron chi connectivity index (χ0n) is 9.58. The number of aliphatic carboxylic acids is 1. The van der Waals surface area contributed by atoms with Gasteiger partial charge in [-0.05, 0) is 30.5 Å². The number of hydrogen-bond donors (Lipinski definition) is 1. The largest absolute Gasteiger partial charge is 0.496 e. The van der Waals surface area contributed by atoms with Crippen LogP contribution < -0.4 is 4.74 Å². The highest BCUT2D eigenvalue weighted by Gasteiger charge is 2.19. The molecule has 0 fully saturated rings. The Kier molecular flexibility index (Phi) is 3.88. The average Bonchev–Trinajstić information content (AvgIpc) is 2.14. The monoisotopic (exact) mass is 226 g/mol. The molecule has 1 unspecified atom stereocenters. The summed E-state index contributed by atoms with van der Waals surface area (Å²) in [6.07, 6.45) is -0.115. The van der Waals surface area contributed by atoms with E-state index in [1.807, 2.05) is 0 Å². The summed E-state index contributed by atoms with van der Waals surface area (Å²) in [5.41, 5.74) is 1.08. The summed E-state index contributed by atoms with van der Waals surface area (Å²) in [7, 11) is 1.45. The van der Waals surface area contributed by atoms with Crippen LogP contribution in [0.1, 0.15) is 30.4 Å². The first kappa shape index (κ1) is 12.5. The molecule has 4 heteroatoms. The molecule has 0 spiro atoms. The molecule has 0 amide bonds. The van der Waals surface area contributed by atoms with Gasteiger partial charge in [0.05, 0.1) is 13.5 Å². The number of methoxy groups -OCH3 is 1. The molecular weight excluding hydrogens is 211 g/mol. The summed E-state index contributed by atoms with van der Waals surface area (Å²) in [5.74, 6) is -1.36. The summed E-state index contributed by atoms with van der Waals surface area (Å²) in [4.78, 5) is 10.6. The van der Waals surface area contributed by atoms with Crippen LogP contribution in [0, 0.1) is 12.7 Å². The van der Waals surface area contributed by atoms with Gasteiger partial charge in [0.2, 0.25) is 0 Å². The maximum absolute atomic E-state index is 13.7. The minimum Gasteiger partial charge on any atom is -0.496 e. The van der Waals surface area contributed by atoms with Crippen LogP contribution in [0.25, 0.3) is 0 Å². The quantitative estimate of drug-likeness (QED) is 0.858. The topological polar surface area (TPSA) is 46.5 Å². The smallest absolute Gasteiger partial charge is 0.303 e. The van der Waals surface area contributed by atoms with Crippen molar-refractivity contribution < 1.29 is 19.0 Å². The molecule has 0 saturated carbocycles. The second-order valence-corrected chi connectivity index (χ2v) is 3.86. The molecule has 0 aliphatic carbocycles. The first-order chi connectivity index (χ1) is 7.45. The zero-order valence-corrected chi connectivity index (χ0v) is 9.58. The second-order valence-electron chi connectivity index (χ2n) is 3.86. The van der Waals surface area contributed by atoms with Crippen molar-refractivity contribution in [2.75, 3.05) is 7.11 Å². The van der Waals surface area contributed by atoms with Crippen LogP contribution in [0.3, 0.4) is 0 Å². The van der Waals surface area contributed by atoms with Crippen LogP contribution in [0.4, 0.5) is 4.39 Å². The number of aryl methyl sites for hydroxylation is 1. The van der Waals surface area contributed by atoms with Crippen LogP contribution in [0.15, 0.2) is 12.1 Å². The summed E-state index contributed by atoms with van der Waals surface area (Å²) in [5, 5.41) is 8.69. The van der Waals surface area contributed by atoms with Crippen molar-refractivity contribution in [2.45, 2.75) is 26.2 Å². The average molecular weight is 226 g/mol. The van der Waals surface area contributed by atoms with E-state index in [2.05, 4.69) is 0 Å². The third-order valence-electron chi connectivity index (χ3n) is 2.43. The minimum atomic E-state index is -0.950. The predicted molar refractivity (Wildman–Crippen MR) is 58.4 cm³/mol. The summed E-state index contributed by atoms with van der Waals surface area (Å²) >= 11 is 0. The van der Waals surface area contributed by atoms with E-state index in [0.29, 0.717) is 11.3 Å². The summed E-state index contributed by atoms with van der Waals surface area (Å²) in [6, 6.07) is 3.09. The van der Waals surface area contributed by atoms with Crippen molar-refractivity contribution >= 4 is 5.97 Å². The van der Waals surface area contributed by atoms with Crippen molar-refractivity contribution in [2.24, 2.45) is 0 Å². The Morgan fingerprint density at radius 3 is 2.69 bits per heavy atom. The third-order valence-corrected chi connectivity index (χ3v) is 2.43. The van der Waals surface area contributed by atoms with E-state index in [4.69, 9.17) is 9.84 Å². The van der Waals surface area contributed by atoms with Crippen molar-refractivity contribution in [3.05, 3.63) is 29.1 Å². The highest BCUT2D eigenvalue weighted by atomic mass is 19.1. The van der Waals surface area contributed by atoms with Crippen LogP contribution in [0.2, 0.25) is 0 Å². The fourth-order valence-corrected chi connectivity index (χ4v) is 1.73. The van der Waals surface area contributed by atoms with Gasteiger partial charge in [-0.2, -0.15) is 0 Å². The van der Waals surface area contributed by atoms with Crippen molar-refractivity contribution in [3.63, 3.8) is 0 Å². The lowest BCUT2D eigenvalue weighted by molar-refractivity contribution is -0.137. The Labute approximate surface area is 93.9 Å². The lowest BCUT2D eigenvalue weighted by atomic mass is 9.95. The molecule has 0 aliphatic heterocycles. The van der Waals surface area contributed by atoms with Gasteiger partial charge in [-0.15, -0.1) is 0 Å². The number of benzene rings is 1. The normalized spacial score (nSPS) is 12.2. The number of halogens is 1. The van der Waals surface area contributed by atoms with Gasteiger partial charge in [-0.25, -0.2) is 4.39 Å². The maximum atomic E-state index is 13.7. The zero-order chi connectivity index (χ0) is 12.3. The molecule has 1 rings (SSSR count). The minimum absolute atomic E-state index is 0.115. The number of carbonyl (C=O) groups is 1. The number of rotatable bonds is 4. The van der Waals surface area contributed by atoms with Crippen molar-refractivity contribution in [1.29, 1.82) is 0 Å². The highest BCUT2D eigenvalue weighted by Crippen LogP contribution is 2.32. The first-order valence-electron chi connectivity index (χ1n) is 5.01. The number of ether oxygens (including phenoxy) is 1. The number of hydrogen-bond acceptors (Lipinski definition) is 2. The number of carboxylic acids is 1. The molecule has 3 nitrogen and oxygen atoms in total. The van der Waals surface area contributed by atoms with E-state index < -0.39 is 17.7 Å². The summed E-state index contributed by atoms with van der Waals surface area (Å²) in [6.45, 7) is 3.43. The van der Waals surface area contributed by atoms with Crippen molar-refractivity contribution in [3.8, 4) is 5.75 Å². The van der Waals surface area contributed by atoms with E-state index in [-0.39, 0.29) is 6.42 Å². The van der Waals surface area contributed by atoms with Crippen LogP contribution in [-0.4, -0.2) is 18.2 Å². The van der Waals surface area contributed by atoms with E-state index in [1.165, 1.54) is 13.2 Å². The van der Waals surface area contributed by atoms with Gasteiger partial charge in [0.15, 0.2) is 0 Å². The molecule has 0 bridgehead atoms. The molecule has 16 heavy (non-hydrogen) atoms. The molecule has 1 atom stereocenters. The third kappa shape index (κ3) is 2.72. The molecule has 0 heterocycles. The molecular formula is C12H15FO3. The van der Waals surface area contributed by atoms with E-state index in [0.717, 1.165) is 5.56 Å². The Hall–Kier alpha value is -1.58. The van der Waals surface area contributed by atoms with Gasteiger partial charge in [0, 0.05) is 5.56 Å². The predicted octanol–water partition coefficient (Wildman–Crippen LogP) is 2.72. The fourth-order valence-electron chi connectivity index (χ4n) is 1.73. The van der Waals surface area contributed by atoms with Crippen LogP contribution >= 0.6 is 0 Å². The van der Waals surface area contributed by atoms with E-state index >= 15 is 0 Å².